The molecule has 7 heteroatoms. The first-order chi connectivity index (χ1) is 9.70. The number of rotatable bonds is 8. The first-order valence-corrected chi connectivity index (χ1v) is 7.19. The Balaban J connectivity index is 4.57. The van der Waals surface area contributed by atoms with Crippen LogP contribution in [0.2, 0.25) is 0 Å². The molecule has 4 N–H and O–H groups in total. The van der Waals surface area contributed by atoms with Crippen molar-refractivity contribution in [1.29, 1.82) is 0 Å². The third kappa shape index (κ3) is 7.08. The zero-order valence-corrected chi connectivity index (χ0v) is 13.4. The van der Waals surface area contributed by atoms with Crippen LogP contribution in [0, 0.1) is 11.8 Å². The summed E-state index contributed by atoms with van der Waals surface area (Å²) in [6.07, 6.45) is 0. The molecule has 0 saturated heterocycles. The lowest BCUT2D eigenvalue weighted by atomic mass is 10.0. The molecule has 2 amide bonds. The Hall–Kier alpha value is -1.63. The SMILES string of the molecule is CCOC(=O)CNC(=O)[C@@H](NC(=O)[C@@H](N)C(C)C)C(C)C. The highest BCUT2D eigenvalue weighted by Crippen LogP contribution is 2.04. The van der Waals surface area contributed by atoms with E-state index in [1.54, 1.807) is 20.8 Å². The zero-order chi connectivity index (χ0) is 16.6. The van der Waals surface area contributed by atoms with Crippen LogP contribution in [-0.2, 0) is 19.1 Å². The maximum atomic E-state index is 12.0. The van der Waals surface area contributed by atoms with Gasteiger partial charge in [-0.25, -0.2) is 0 Å². The molecule has 7 nitrogen and oxygen atoms in total. The Morgan fingerprint density at radius 3 is 2.05 bits per heavy atom. The van der Waals surface area contributed by atoms with Gasteiger partial charge in [-0.15, -0.1) is 0 Å². The fourth-order valence-electron chi connectivity index (χ4n) is 1.57. The highest BCUT2D eigenvalue weighted by atomic mass is 16.5. The van der Waals surface area contributed by atoms with E-state index in [0.717, 1.165) is 0 Å². The van der Waals surface area contributed by atoms with E-state index in [2.05, 4.69) is 10.6 Å². The lowest BCUT2D eigenvalue weighted by molar-refractivity contribution is -0.143. The van der Waals surface area contributed by atoms with Gasteiger partial charge in [-0.1, -0.05) is 27.7 Å². The lowest BCUT2D eigenvalue weighted by Gasteiger charge is -2.24. The average Bonchev–Trinajstić information content (AvgIpc) is 2.40. The van der Waals surface area contributed by atoms with Crippen molar-refractivity contribution in [3.8, 4) is 0 Å². The molecule has 0 aliphatic heterocycles. The molecule has 0 saturated carbocycles. The van der Waals surface area contributed by atoms with E-state index in [0.29, 0.717) is 0 Å². The third-order valence-corrected chi connectivity index (χ3v) is 2.98. The van der Waals surface area contributed by atoms with E-state index in [1.165, 1.54) is 0 Å². The van der Waals surface area contributed by atoms with E-state index >= 15 is 0 Å². The molecule has 0 aliphatic carbocycles. The molecule has 21 heavy (non-hydrogen) atoms. The summed E-state index contributed by atoms with van der Waals surface area (Å²) >= 11 is 0. The highest BCUT2D eigenvalue weighted by Gasteiger charge is 2.27. The normalized spacial score (nSPS) is 13.7. The Morgan fingerprint density at radius 1 is 1.05 bits per heavy atom. The van der Waals surface area contributed by atoms with Crippen LogP contribution in [-0.4, -0.2) is 43.0 Å². The van der Waals surface area contributed by atoms with E-state index in [1.807, 2.05) is 13.8 Å². The van der Waals surface area contributed by atoms with E-state index in [4.69, 9.17) is 10.5 Å². The van der Waals surface area contributed by atoms with Crippen LogP contribution in [0.15, 0.2) is 0 Å². The second-order valence-electron chi connectivity index (χ2n) is 5.52. The number of carbonyl (C=O) groups is 3. The van der Waals surface area contributed by atoms with Crippen molar-refractivity contribution in [2.24, 2.45) is 17.6 Å². The van der Waals surface area contributed by atoms with Crippen LogP contribution < -0.4 is 16.4 Å². The van der Waals surface area contributed by atoms with Crippen molar-refractivity contribution in [2.45, 2.75) is 46.7 Å². The van der Waals surface area contributed by atoms with Gasteiger partial charge in [-0.2, -0.15) is 0 Å². The summed E-state index contributed by atoms with van der Waals surface area (Å²) < 4.78 is 4.72. The van der Waals surface area contributed by atoms with Gasteiger partial charge in [0.1, 0.15) is 12.6 Å². The Morgan fingerprint density at radius 2 is 1.62 bits per heavy atom. The van der Waals surface area contributed by atoms with E-state index < -0.39 is 24.0 Å². The number of carbonyl (C=O) groups excluding carboxylic acids is 3. The zero-order valence-electron chi connectivity index (χ0n) is 13.4. The molecule has 0 heterocycles. The summed E-state index contributed by atoms with van der Waals surface area (Å²) in [6.45, 7) is 8.98. The van der Waals surface area contributed by atoms with Crippen molar-refractivity contribution in [1.82, 2.24) is 10.6 Å². The van der Waals surface area contributed by atoms with Gasteiger partial charge in [0, 0.05) is 0 Å². The molecule has 2 atom stereocenters. The number of ether oxygens (including phenoxy) is 1. The molecule has 0 bridgehead atoms. The summed E-state index contributed by atoms with van der Waals surface area (Å²) in [7, 11) is 0. The first-order valence-electron chi connectivity index (χ1n) is 7.19. The lowest BCUT2D eigenvalue weighted by Crippen LogP contribution is -2.55. The monoisotopic (exact) mass is 301 g/mol. The third-order valence-electron chi connectivity index (χ3n) is 2.98. The molecule has 0 aromatic heterocycles. The van der Waals surface area contributed by atoms with Crippen LogP contribution in [0.1, 0.15) is 34.6 Å². The smallest absolute Gasteiger partial charge is 0.325 e. The van der Waals surface area contributed by atoms with Crippen LogP contribution in [0.3, 0.4) is 0 Å². The second-order valence-corrected chi connectivity index (χ2v) is 5.52. The van der Waals surface area contributed by atoms with Gasteiger partial charge in [-0.3, -0.25) is 14.4 Å². The molecule has 0 aromatic carbocycles. The number of nitrogens with two attached hydrogens (primary N) is 1. The van der Waals surface area contributed by atoms with Crippen LogP contribution in [0.4, 0.5) is 0 Å². The molecular weight excluding hydrogens is 274 g/mol. The number of esters is 1. The van der Waals surface area contributed by atoms with Crippen LogP contribution in [0.25, 0.3) is 0 Å². The number of nitrogens with one attached hydrogen (secondary N) is 2. The fourth-order valence-corrected chi connectivity index (χ4v) is 1.57. The van der Waals surface area contributed by atoms with Gasteiger partial charge >= 0.3 is 5.97 Å². The van der Waals surface area contributed by atoms with Gasteiger partial charge in [-0.05, 0) is 18.8 Å². The maximum Gasteiger partial charge on any atom is 0.325 e. The molecule has 0 rings (SSSR count). The van der Waals surface area contributed by atoms with Crippen molar-refractivity contribution >= 4 is 17.8 Å². The number of hydrogen-bond acceptors (Lipinski definition) is 5. The van der Waals surface area contributed by atoms with Crippen LogP contribution >= 0.6 is 0 Å². The minimum absolute atomic E-state index is 0.0274. The standard InChI is InChI=1S/C14H27N3O4/c1-6-21-10(18)7-16-14(20)12(9(4)5)17-13(19)11(15)8(2)3/h8-9,11-12H,6-7,15H2,1-5H3,(H,16,20)(H,17,19)/t11-,12-/m0/s1. The molecule has 0 aliphatic rings. The van der Waals surface area contributed by atoms with Crippen molar-refractivity contribution in [3.63, 3.8) is 0 Å². The maximum absolute atomic E-state index is 12.0. The first kappa shape index (κ1) is 19.4. The van der Waals surface area contributed by atoms with Gasteiger partial charge < -0.3 is 21.1 Å². The van der Waals surface area contributed by atoms with Crippen LogP contribution in [0.5, 0.6) is 0 Å². The van der Waals surface area contributed by atoms with Gasteiger partial charge in [0.2, 0.25) is 11.8 Å². The topological polar surface area (TPSA) is 111 Å². The fraction of sp³-hybridized carbons (Fsp3) is 0.786. The Bertz CT molecular complexity index is 369. The minimum atomic E-state index is -0.739. The van der Waals surface area contributed by atoms with Gasteiger partial charge in [0.25, 0.3) is 0 Å². The number of amides is 2. The van der Waals surface area contributed by atoms with Crippen molar-refractivity contribution in [3.05, 3.63) is 0 Å². The van der Waals surface area contributed by atoms with E-state index in [-0.39, 0.29) is 30.9 Å². The summed E-state index contributed by atoms with van der Waals surface area (Å²) in [5.41, 5.74) is 5.75. The number of hydrogen-bond donors (Lipinski definition) is 3. The Labute approximate surface area is 126 Å². The summed E-state index contributed by atoms with van der Waals surface area (Å²) in [4.78, 5) is 35.2. The largest absolute Gasteiger partial charge is 0.465 e. The predicted molar refractivity (Wildman–Crippen MR) is 79.2 cm³/mol. The Kier molecular flexibility index (Phi) is 8.61. The molecule has 0 unspecified atom stereocenters. The van der Waals surface area contributed by atoms with Crippen molar-refractivity contribution in [2.75, 3.05) is 13.2 Å². The minimum Gasteiger partial charge on any atom is -0.465 e. The second kappa shape index (κ2) is 9.33. The quantitative estimate of drug-likeness (QED) is 0.537. The predicted octanol–water partition coefficient (Wildman–Crippen LogP) is -0.210. The molecule has 0 spiro atoms. The molecule has 122 valence electrons. The molecular formula is C14H27N3O4. The average molecular weight is 301 g/mol. The van der Waals surface area contributed by atoms with E-state index in [9.17, 15) is 14.4 Å². The molecule has 0 radical (unpaired) electrons. The highest BCUT2D eigenvalue weighted by molar-refractivity contribution is 5.91. The molecule has 0 fully saturated rings. The van der Waals surface area contributed by atoms with Gasteiger partial charge in [0.15, 0.2) is 0 Å². The van der Waals surface area contributed by atoms with Crippen molar-refractivity contribution < 1.29 is 19.1 Å². The summed E-state index contributed by atoms with van der Waals surface area (Å²) in [5, 5.41) is 5.08. The van der Waals surface area contributed by atoms with Gasteiger partial charge in [0.05, 0.1) is 12.6 Å². The summed E-state index contributed by atoms with van der Waals surface area (Å²) in [5.74, 6) is -1.48. The molecule has 0 aromatic rings. The summed E-state index contributed by atoms with van der Waals surface area (Å²) in [6, 6.07) is -1.42.